The van der Waals surface area contributed by atoms with Crippen molar-refractivity contribution >= 4 is 34.5 Å². The molecule has 0 saturated heterocycles. The molecule has 1 heterocycles. The number of benzene rings is 1. The highest BCUT2D eigenvalue weighted by Gasteiger charge is 2.15. The van der Waals surface area contributed by atoms with Crippen molar-refractivity contribution in [2.75, 3.05) is 11.9 Å². The summed E-state index contributed by atoms with van der Waals surface area (Å²) in [5.74, 6) is -0.0847. The number of nitrogens with one attached hydrogen (secondary N) is 2. The van der Waals surface area contributed by atoms with Crippen molar-refractivity contribution in [1.29, 1.82) is 0 Å². The summed E-state index contributed by atoms with van der Waals surface area (Å²) in [7, 11) is 0. The third kappa shape index (κ3) is 3.52. The van der Waals surface area contributed by atoms with Gasteiger partial charge in [0, 0.05) is 17.1 Å². The molecular weight excluding hydrogens is 292 g/mol. The van der Waals surface area contributed by atoms with Crippen molar-refractivity contribution < 1.29 is 4.79 Å². The zero-order chi connectivity index (χ0) is 14.5. The SMILES string of the molecule is CCNc1ccccc1C(=O)NC(C)c1ccc(Cl)s1. The van der Waals surface area contributed by atoms with Gasteiger partial charge in [-0.15, -0.1) is 11.3 Å². The highest BCUT2D eigenvalue weighted by molar-refractivity contribution is 7.16. The van der Waals surface area contributed by atoms with Gasteiger partial charge in [0.15, 0.2) is 0 Å². The average molecular weight is 309 g/mol. The van der Waals surface area contributed by atoms with Gasteiger partial charge in [-0.3, -0.25) is 4.79 Å². The van der Waals surface area contributed by atoms with Gasteiger partial charge >= 0.3 is 0 Å². The van der Waals surface area contributed by atoms with Crippen LogP contribution in [0.25, 0.3) is 0 Å². The first-order chi connectivity index (χ1) is 9.61. The lowest BCUT2D eigenvalue weighted by Crippen LogP contribution is -2.26. The maximum absolute atomic E-state index is 12.4. The van der Waals surface area contributed by atoms with E-state index in [9.17, 15) is 4.79 Å². The lowest BCUT2D eigenvalue weighted by Gasteiger charge is -2.15. The minimum absolute atomic E-state index is 0.0605. The van der Waals surface area contributed by atoms with Crippen molar-refractivity contribution in [3.05, 3.63) is 51.2 Å². The molecule has 0 bridgehead atoms. The predicted octanol–water partition coefficient (Wildman–Crippen LogP) is 4.32. The molecule has 2 rings (SSSR count). The topological polar surface area (TPSA) is 41.1 Å². The Balaban J connectivity index is 2.12. The number of para-hydroxylation sites is 1. The van der Waals surface area contributed by atoms with E-state index in [1.54, 1.807) is 0 Å². The largest absolute Gasteiger partial charge is 0.385 e. The minimum Gasteiger partial charge on any atom is -0.385 e. The Morgan fingerprint density at radius 1 is 1.30 bits per heavy atom. The molecule has 1 aromatic heterocycles. The Morgan fingerprint density at radius 3 is 2.70 bits per heavy atom. The van der Waals surface area contributed by atoms with Crippen LogP contribution in [0.1, 0.15) is 35.1 Å². The normalized spacial score (nSPS) is 11.9. The maximum atomic E-state index is 12.4. The highest BCUT2D eigenvalue weighted by Crippen LogP contribution is 2.27. The number of halogens is 1. The molecule has 0 aliphatic rings. The highest BCUT2D eigenvalue weighted by atomic mass is 35.5. The molecule has 0 radical (unpaired) electrons. The fraction of sp³-hybridized carbons (Fsp3) is 0.267. The third-order valence-electron chi connectivity index (χ3n) is 2.91. The van der Waals surface area contributed by atoms with E-state index in [-0.39, 0.29) is 11.9 Å². The Kier molecular flexibility index (Phi) is 5.04. The number of hydrogen-bond donors (Lipinski definition) is 2. The van der Waals surface area contributed by atoms with Crippen LogP contribution in [0.5, 0.6) is 0 Å². The summed E-state index contributed by atoms with van der Waals surface area (Å²) < 4.78 is 0.731. The molecule has 1 atom stereocenters. The van der Waals surface area contributed by atoms with E-state index >= 15 is 0 Å². The lowest BCUT2D eigenvalue weighted by atomic mass is 10.1. The molecule has 2 N–H and O–H groups in total. The number of carbonyl (C=O) groups is 1. The van der Waals surface area contributed by atoms with Crippen molar-refractivity contribution in [1.82, 2.24) is 5.32 Å². The molecular formula is C15H17ClN2OS. The number of hydrogen-bond acceptors (Lipinski definition) is 3. The number of amides is 1. The molecule has 106 valence electrons. The van der Waals surface area contributed by atoms with Crippen molar-refractivity contribution in [2.24, 2.45) is 0 Å². The number of rotatable bonds is 5. The molecule has 2 aromatic rings. The second-order valence-corrected chi connectivity index (χ2v) is 6.16. The first kappa shape index (κ1) is 14.9. The molecule has 1 aromatic carbocycles. The Bertz CT molecular complexity index is 597. The van der Waals surface area contributed by atoms with Crippen LogP contribution >= 0.6 is 22.9 Å². The van der Waals surface area contributed by atoms with E-state index in [1.807, 2.05) is 50.2 Å². The zero-order valence-corrected chi connectivity index (χ0v) is 13.0. The third-order valence-corrected chi connectivity index (χ3v) is 4.32. The van der Waals surface area contributed by atoms with E-state index in [0.717, 1.165) is 21.4 Å². The van der Waals surface area contributed by atoms with Crippen molar-refractivity contribution in [3.8, 4) is 0 Å². The van der Waals surface area contributed by atoms with Crippen LogP contribution in [0.15, 0.2) is 36.4 Å². The van der Waals surface area contributed by atoms with Crippen molar-refractivity contribution in [3.63, 3.8) is 0 Å². The van der Waals surface area contributed by atoms with Crippen LogP contribution < -0.4 is 10.6 Å². The van der Waals surface area contributed by atoms with Gasteiger partial charge < -0.3 is 10.6 Å². The van der Waals surface area contributed by atoms with E-state index in [4.69, 9.17) is 11.6 Å². The summed E-state index contributed by atoms with van der Waals surface area (Å²) >= 11 is 7.40. The minimum atomic E-state index is -0.0847. The number of anilines is 1. The van der Waals surface area contributed by atoms with E-state index < -0.39 is 0 Å². The Labute approximate surface area is 128 Å². The molecule has 3 nitrogen and oxygen atoms in total. The van der Waals surface area contributed by atoms with Crippen LogP contribution in [0.2, 0.25) is 4.34 Å². The van der Waals surface area contributed by atoms with Gasteiger partial charge in [-0.1, -0.05) is 23.7 Å². The predicted molar refractivity (Wildman–Crippen MR) is 85.8 cm³/mol. The molecule has 5 heteroatoms. The van der Waals surface area contributed by atoms with Gasteiger partial charge in [-0.25, -0.2) is 0 Å². The second kappa shape index (κ2) is 6.77. The van der Waals surface area contributed by atoms with Crippen LogP contribution in [0.3, 0.4) is 0 Å². The summed E-state index contributed by atoms with van der Waals surface area (Å²) in [6.45, 7) is 4.74. The smallest absolute Gasteiger partial charge is 0.253 e. The number of carbonyl (C=O) groups excluding carboxylic acids is 1. The lowest BCUT2D eigenvalue weighted by molar-refractivity contribution is 0.0941. The molecule has 1 amide bonds. The maximum Gasteiger partial charge on any atom is 0.253 e. The molecule has 0 aliphatic heterocycles. The second-order valence-electron chi connectivity index (χ2n) is 4.41. The zero-order valence-electron chi connectivity index (χ0n) is 11.4. The van der Waals surface area contributed by atoms with Crippen LogP contribution in [-0.2, 0) is 0 Å². The first-order valence-electron chi connectivity index (χ1n) is 6.50. The van der Waals surface area contributed by atoms with E-state index in [2.05, 4.69) is 10.6 Å². The van der Waals surface area contributed by atoms with Gasteiger partial charge in [0.25, 0.3) is 5.91 Å². The van der Waals surface area contributed by atoms with Gasteiger partial charge in [0.1, 0.15) is 0 Å². The van der Waals surface area contributed by atoms with Gasteiger partial charge in [-0.05, 0) is 38.1 Å². The molecule has 0 fully saturated rings. The van der Waals surface area contributed by atoms with Crippen LogP contribution in [0.4, 0.5) is 5.69 Å². The fourth-order valence-electron chi connectivity index (χ4n) is 1.93. The number of thiophene rings is 1. The summed E-state index contributed by atoms with van der Waals surface area (Å²) in [6.07, 6.45) is 0. The Hall–Kier alpha value is -1.52. The van der Waals surface area contributed by atoms with Crippen molar-refractivity contribution in [2.45, 2.75) is 19.9 Å². The molecule has 0 spiro atoms. The molecule has 0 saturated carbocycles. The fourth-order valence-corrected chi connectivity index (χ4v) is 3.00. The molecule has 20 heavy (non-hydrogen) atoms. The van der Waals surface area contributed by atoms with Gasteiger partial charge in [0.2, 0.25) is 0 Å². The molecule has 0 aliphatic carbocycles. The summed E-state index contributed by atoms with van der Waals surface area (Å²) in [5.41, 5.74) is 1.51. The average Bonchev–Trinajstić information content (AvgIpc) is 2.86. The van der Waals surface area contributed by atoms with E-state index in [0.29, 0.717) is 5.56 Å². The Morgan fingerprint density at radius 2 is 2.05 bits per heavy atom. The standard InChI is InChI=1S/C15H17ClN2OS/c1-3-17-12-7-5-4-6-11(12)15(19)18-10(2)13-8-9-14(16)20-13/h4-10,17H,3H2,1-2H3,(H,18,19). The quantitative estimate of drug-likeness (QED) is 0.863. The van der Waals surface area contributed by atoms with Gasteiger partial charge in [-0.2, -0.15) is 0 Å². The van der Waals surface area contributed by atoms with Crippen LogP contribution in [0, 0.1) is 0 Å². The van der Waals surface area contributed by atoms with Crippen LogP contribution in [-0.4, -0.2) is 12.5 Å². The first-order valence-corrected chi connectivity index (χ1v) is 7.70. The van der Waals surface area contributed by atoms with E-state index in [1.165, 1.54) is 11.3 Å². The summed E-state index contributed by atoms with van der Waals surface area (Å²) in [5, 5.41) is 6.19. The van der Waals surface area contributed by atoms with Gasteiger partial charge in [0.05, 0.1) is 15.9 Å². The summed E-state index contributed by atoms with van der Waals surface area (Å²) in [4.78, 5) is 13.4. The monoisotopic (exact) mass is 308 g/mol. The summed E-state index contributed by atoms with van der Waals surface area (Å²) in [6, 6.07) is 11.2. The molecule has 1 unspecified atom stereocenters.